The molecule has 6 unspecified atom stereocenters. The minimum Gasteiger partial charge on any atom is -0.375 e. The Morgan fingerprint density at radius 3 is 2.87 bits per heavy atom. The maximum atomic E-state index is 14.4. The lowest BCUT2D eigenvalue weighted by Gasteiger charge is -2.47. The number of alkyl halides is 1. The van der Waals surface area contributed by atoms with Crippen molar-refractivity contribution in [3.05, 3.63) is 0 Å². The number of fused-ring (bicyclic) bond motifs is 2. The molecular formula is C16H25FN2O4. The molecule has 130 valence electrons. The van der Waals surface area contributed by atoms with E-state index in [-0.39, 0.29) is 17.9 Å². The van der Waals surface area contributed by atoms with Crippen LogP contribution in [0.25, 0.3) is 0 Å². The van der Waals surface area contributed by atoms with Crippen LogP contribution in [0.15, 0.2) is 0 Å². The van der Waals surface area contributed by atoms with Crippen LogP contribution in [0.1, 0.15) is 45.4 Å². The van der Waals surface area contributed by atoms with Gasteiger partial charge >= 0.3 is 6.03 Å². The van der Waals surface area contributed by atoms with Gasteiger partial charge in [0.25, 0.3) is 0 Å². The summed E-state index contributed by atoms with van der Waals surface area (Å²) in [5.41, 5.74) is 0. The average molecular weight is 328 g/mol. The summed E-state index contributed by atoms with van der Waals surface area (Å²) >= 11 is 0. The van der Waals surface area contributed by atoms with E-state index >= 15 is 0 Å². The molecule has 2 aliphatic heterocycles. The van der Waals surface area contributed by atoms with Crippen LogP contribution in [0.4, 0.5) is 9.18 Å². The average Bonchev–Trinajstić information content (AvgIpc) is 2.50. The molecule has 2 N–H and O–H groups in total. The zero-order valence-corrected chi connectivity index (χ0v) is 13.4. The highest BCUT2D eigenvalue weighted by atomic mass is 19.1. The number of hydrogen-bond donors (Lipinski definition) is 2. The molecule has 0 radical (unpaired) electrons. The number of urea groups is 1. The molecule has 2 saturated heterocycles. The van der Waals surface area contributed by atoms with Crippen LogP contribution in [-0.4, -0.2) is 43.2 Å². The number of unbranched alkanes of at least 4 members (excludes halogenated alkanes) is 2. The number of ether oxygens (including phenoxy) is 2. The Balaban J connectivity index is 1.57. The summed E-state index contributed by atoms with van der Waals surface area (Å²) in [4.78, 5) is 23.3. The van der Waals surface area contributed by atoms with Gasteiger partial charge in [-0.2, -0.15) is 0 Å². The molecule has 0 spiro atoms. The third-order valence-electron chi connectivity index (χ3n) is 5.09. The number of halogens is 1. The van der Waals surface area contributed by atoms with E-state index in [1.54, 1.807) is 0 Å². The molecule has 1 aliphatic carbocycles. The molecule has 3 amide bonds. The number of nitrogens with one attached hydrogen (secondary N) is 2. The number of carbonyl (C=O) groups is 2. The lowest BCUT2D eigenvalue weighted by atomic mass is 9.75. The third-order valence-corrected chi connectivity index (χ3v) is 5.09. The van der Waals surface area contributed by atoms with Gasteiger partial charge in [0.1, 0.15) is 12.4 Å². The molecule has 3 fully saturated rings. The molecule has 0 aromatic rings. The maximum Gasteiger partial charge on any atom is 0.323 e. The lowest BCUT2D eigenvalue weighted by Crippen LogP contribution is -2.64. The molecule has 6 atom stereocenters. The Morgan fingerprint density at radius 2 is 2.09 bits per heavy atom. The summed E-state index contributed by atoms with van der Waals surface area (Å²) in [5.74, 6) is -0.754. The third kappa shape index (κ3) is 3.66. The minimum absolute atomic E-state index is 0.00231. The fourth-order valence-corrected chi connectivity index (χ4v) is 3.82. The van der Waals surface area contributed by atoms with E-state index in [2.05, 4.69) is 17.6 Å². The fourth-order valence-electron chi connectivity index (χ4n) is 3.82. The predicted molar refractivity (Wildman–Crippen MR) is 80.3 cm³/mol. The van der Waals surface area contributed by atoms with Crippen LogP contribution in [0.2, 0.25) is 0 Å². The Bertz CT molecular complexity index is 461. The monoisotopic (exact) mass is 328 g/mol. The summed E-state index contributed by atoms with van der Waals surface area (Å²) in [7, 11) is 0. The van der Waals surface area contributed by atoms with Crippen molar-refractivity contribution in [1.29, 1.82) is 0 Å². The standard InChI is InChI=1S/C16H25FN2O4/c1-2-3-4-5-22-13-8-12-9(7-11(13)17)6-10-14(20)18-16(21)19-15(10)23-12/h9-13,15H,2-8H2,1H3,(H2,18,19,20,21). The van der Waals surface area contributed by atoms with Crippen LogP contribution in [-0.2, 0) is 14.3 Å². The van der Waals surface area contributed by atoms with Crippen molar-refractivity contribution in [1.82, 2.24) is 10.6 Å². The van der Waals surface area contributed by atoms with E-state index < -0.39 is 30.5 Å². The van der Waals surface area contributed by atoms with Gasteiger partial charge in [-0.3, -0.25) is 10.1 Å². The van der Waals surface area contributed by atoms with Crippen molar-refractivity contribution in [2.45, 2.75) is 70.1 Å². The zero-order valence-electron chi connectivity index (χ0n) is 13.4. The zero-order chi connectivity index (χ0) is 16.4. The molecule has 3 rings (SSSR count). The largest absolute Gasteiger partial charge is 0.375 e. The summed E-state index contributed by atoms with van der Waals surface area (Å²) in [6.45, 7) is 2.69. The van der Waals surface area contributed by atoms with Crippen molar-refractivity contribution in [2.24, 2.45) is 11.8 Å². The second-order valence-electron chi connectivity index (χ2n) is 6.76. The molecule has 3 aliphatic rings. The van der Waals surface area contributed by atoms with Crippen LogP contribution >= 0.6 is 0 Å². The summed E-state index contributed by atoms with van der Waals surface area (Å²) in [5, 5.41) is 4.89. The van der Waals surface area contributed by atoms with Gasteiger partial charge in [-0.15, -0.1) is 0 Å². The molecule has 2 heterocycles. The molecule has 7 heteroatoms. The molecule has 23 heavy (non-hydrogen) atoms. The van der Waals surface area contributed by atoms with Gasteiger partial charge in [-0.05, 0) is 25.2 Å². The first-order valence-corrected chi connectivity index (χ1v) is 8.61. The van der Waals surface area contributed by atoms with E-state index in [0.717, 1.165) is 19.3 Å². The Kier molecular flexibility index (Phi) is 5.16. The van der Waals surface area contributed by atoms with Gasteiger partial charge in [0.2, 0.25) is 5.91 Å². The van der Waals surface area contributed by atoms with Crippen LogP contribution < -0.4 is 10.6 Å². The van der Waals surface area contributed by atoms with Crippen LogP contribution in [0, 0.1) is 11.8 Å². The van der Waals surface area contributed by atoms with E-state index in [1.165, 1.54) is 0 Å². The van der Waals surface area contributed by atoms with Gasteiger partial charge in [0.15, 0.2) is 0 Å². The van der Waals surface area contributed by atoms with E-state index in [4.69, 9.17) is 9.47 Å². The first-order chi connectivity index (χ1) is 11.1. The molecule has 0 aromatic carbocycles. The Morgan fingerprint density at radius 1 is 1.26 bits per heavy atom. The van der Waals surface area contributed by atoms with Crippen molar-refractivity contribution >= 4 is 11.9 Å². The summed E-state index contributed by atoms with van der Waals surface area (Å²) in [6, 6.07) is -0.527. The summed E-state index contributed by atoms with van der Waals surface area (Å²) in [6.07, 6.45) is 2.28. The summed E-state index contributed by atoms with van der Waals surface area (Å²) < 4.78 is 26.0. The molecule has 0 bridgehead atoms. The second kappa shape index (κ2) is 7.13. The number of rotatable bonds is 5. The van der Waals surface area contributed by atoms with Crippen molar-refractivity contribution in [2.75, 3.05) is 6.61 Å². The van der Waals surface area contributed by atoms with Crippen LogP contribution in [0.3, 0.4) is 0 Å². The van der Waals surface area contributed by atoms with E-state index in [9.17, 15) is 14.0 Å². The first kappa shape index (κ1) is 16.6. The van der Waals surface area contributed by atoms with E-state index in [0.29, 0.717) is 25.9 Å². The predicted octanol–water partition coefficient (Wildman–Crippen LogP) is 1.88. The Labute approximate surface area is 135 Å². The molecule has 0 aromatic heterocycles. The smallest absolute Gasteiger partial charge is 0.323 e. The van der Waals surface area contributed by atoms with Crippen molar-refractivity contribution < 1.29 is 23.5 Å². The van der Waals surface area contributed by atoms with E-state index in [1.807, 2.05) is 0 Å². The highest BCUT2D eigenvalue weighted by Gasteiger charge is 2.49. The van der Waals surface area contributed by atoms with Crippen LogP contribution in [0.5, 0.6) is 0 Å². The molecule has 6 nitrogen and oxygen atoms in total. The lowest BCUT2D eigenvalue weighted by molar-refractivity contribution is -0.182. The normalized spacial score (nSPS) is 39.9. The Hall–Kier alpha value is -1.21. The van der Waals surface area contributed by atoms with Gasteiger partial charge in [0.05, 0.1) is 18.1 Å². The van der Waals surface area contributed by atoms with Gasteiger partial charge in [-0.1, -0.05) is 19.8 Å². The number of carbonyl (C=O) groups excluding carboxylic acids is 2. The first-order valence-electron chi connectivity index (χ1n) is 8.61. The SMILES string of the molecule is CCCCCOC1CC2OC3NC(=O)NC(=O)C3CC2CC1F. The van der Waals surface area contributed by atoms with Gasteiger partial charge in [-0.25, -0.2) is 9.18 Å². The quantitative estimate of drug-likeness (QED) is 0.756. The minimum atomic E-state index is -1.01. The number of amides is 3. The van der Waals surface area contributed by atoms with Gasteiger partial charge < -0.3 is 14.8 Å². The van der Waals surface area contributed by atoms with Crippen molar-refractivity contribution in [3.63, 3.8) is 0 Å². The number of hydrogen-bond acceptors (Lipinski definition) is 4. The van der Waals surface area contributed by atoms with Gasteiger partial charge in [0, 0.05) is 13.0 Å². The highest BCUT2D eigenvalue weighted by Crippen LogP contribution is 2.40. The maximum absolute atomic E-state index is 14.4. The molecular weight excluding hydrogens is 303 g/mol. The second-order valence-corrected chi connectivity index (χ2v) is 6.76. The number of imide groups is 1. The van der Waals surface area contributed by atoms with Crippen molar-refractivity contribution in [3.8, 4) is 0 Å². The fraction of sp³-hybridized carbons (Fsp3) is 0.875. The molecule has 1 saturated carbocycles. The topological polar surface area (TPSA) is 76.7 Å². The highest BCUT2D eigenvalue weighted by molar-refractivity contribution is 5.98.